The molecule has 0 saturated heterocycles. The molecule has 4 fully saturated rings. The quantitative estimate of drug-likeness (QED) is 0.585. The lowest BCUT2D eigenvalue weighted by molar-refractivity contribution is -0.119. The molecule has 6 atom stereocenters. The van der Waals surface area contributed by atoms with E-state index in [1.807, 2.05) is 0 Å². The van der Waals surface area contributed by atoms with E-state index < -0.39 is 0 Å². The van der Waals surface area contributed by atoms with Crippen molar-refractivity contribution in [2.75, 3.05) is 5.75 Å². The summed E-state index contributed by atoms with van der Waals surface area (Å²) in [5.74, 6) is 3.65. The molecule has 162 valence electrons. The fourth-order valence-corrected chi connectivity index (χ4v) is 9.80. The average Bonchev–Trinajstić information content (AvgIpc) is 3.03. The normalized spacial score (nSPS) is 45.7. The van der Waals surface area contributed by atoms with Crippen molar-refractivity contribution in [1.29, 1.82) is 0 Å². The average molecular weight is 417 g/mol. The predicted molar refractivity (Wildman–Crippen MR) is 121 cm³/mol. The van der Waals surface area contributed by atoms with E-state index in [1.54, 1.807) is 5.57 Å². The predicted octanol–water partition coefficient (Wildman–Crippen LogP) is 6.32. The molecule has 1 N–H and O–H groups in total. The maximum atomic E-state index is 13.0. The van der Waals surface area contributed by atoms with Gasteiger partial charge in [0.2, 0.25) is 0 Å². The highest BCUT2D eigenvalue weighted by Gasteiger charge is 2.59. The monoisotopic (exact) mass is 416 g/mol. The molecule has 0 unspecified atom stereocenters. The standard InChI is InChI=1S/C26H40O2S/c1-25-15-13-23(27)19(16-29-17-6-4-3-5-7-17)21(25)9-8-18-20-10-11-24(28)26(20,2)14-12-22(18)25/h17-18,20,22,24,28H,3-16H2,1-2H3/t18-,20-,22-,24-,25-,26-/m0/s1. The molecule has 4 saturated carbocycles. The van der Waals surface area contributed by atoms with Crippen molar-refractivity contribution in [1.82, 2.24) is 0 Å². The van der Waals surface area contributed by atoms with Crippen LogP contribution in [0.3, 0.4) is 0 Å². The first-order valence-corrected chi connectivity index (χ1v) is 13.5. The molecule has 0 aromatic rings. The second-order valence-corrected chi connectivity index (χ2v) is 12.7. The lowest BCUT2D eigenvalue weighted by Crippen LogP contribution is -2.51. The van der Waals surface area contributed by atoms with Crippen LogP contribution >= 0.6 is 11.8 Å². The number of Topliss-reactive ketones (excluding diaryl/α,β-unsaturated/α-hetero) is 1. The third kappa shape index (κ3) is 3.28. The summed E-state index contributed by atoms with van der Waals surface area (Å²) in [6.45, 7) is 4.89. The summed E-state index contributed by atoms with van der Waals surface area (Å²) >= 11 is 2.09. The second-order valence-electron chi connectivity index (χ2n) is 11.4. The first-order valence-electron chi connectivity index (χ1n) is 12.5. The molecule has 5 aliphatic rings. The Hall–Kier alpha value is -0.280. The maximum absolute atomic E-state index is 13.0. The van der Waals surface area contributed by atoms with E-state index in [1.165, 1.54) is 63.4 Å². The summed E-state index contributed by atoms with van der Waals surface area (Å²) in [7, 11) is 0. The Bertz CT molecular complexity index is 693. The zero-order chi connectivity index (χ0) is 20.2. The van der Waals surface area contributed by atoms with E-state index in [9.17, 15) is 9.90 Å². The van der Waals surface area contributed by atoms with Crippen LogP contribution in [0, 0.1) is 28.6 Å². The van der Waals surface area contributed by atoms with Crippen LogP contribution in [-0.2, 0) is 4.79 Å². The van der Waals surface area contributed by atoms with Gasteiger partial charge in [-0.1, -0.05) is 38.7 Å². The van der Waals surface area contributed by atoms with Gasteiger partial charge in [-0.15, -0.1) is 0 Å². The van der Waals surface area contributed by atoms with Crippen LogP contribution in [0.4, 0.5) is 0 Å². The third-order valence-corrected chi connectivity index (χ3v) is 11.6. The van der Waals surface area contributed by atoms with Gasteiger partial charge in [-0.05, 0) is 86.4 Å². The van der Waals surface area contributed by atoms with Gasteiger partial charge in [-0.25, -0.2) is 0 Å². The molecule has 0 aromatic heterocycles. The Labute approximate surface area is 181 Å². The number of hydrogen-bond donors (Lipinski definition) is 1. The van der Waals surface area contributed by atoms with E-state index in [-0.39, 0.29) is 16.9 Å². The molecule has 2 nitrogen and oxygen atoms in total. The van der Waals surface area contributed by atoms with Crippen molar-refractivity contribution in [3.8, 4) is 0 Å². The zero-order valence-corrected chi connectivity index (χ0v) is 19.4. The van der Waals surface area contributed by atoms with E-state index in [0.717, 1.165) is 48.5 Å². The summed E-state index contributed by atoms with van der Waals surface area (Å²) in [6, 6.07) is 0. The van der Waals surface area contributed by atoms with Gasteiger partial charge in [0.05, 0.1) is 6.10 Å². The van der Waals surface area contributed by atoms with Crippen LogP contribution in [-0.4, -0.2) is 28.0 Å². The van der Waals surface area contributed by atoms with Gasteiger partial charge in [0.1, 0.15) is 0 Å². The van der Waals surface area contributed by atoms with Gasteiger partial charge in [0.15, 0.2) is 5.78 Å². The van der Waals surface area contributed by atoms with Crippen LogP contribution in [0.25, 0.3) is 0 Å². The molecule has 0 radical (unpaired) electrons. The van der Waals surface area contributed by atoms with E-state index in [0.29, 0.717) is 11.7 Å². The molecule has 0 aromatic carbocycles. The number of thioether (sulfide) groups is 1. The molecule has 0 aliphatic heterocycles. The molecule has 3 heteroatoms. The summed E-state index contributed by atoms with van der Waals surface area (Å²) in [5.41, 5.74) is 3.21. The number of fused-ring (bicyclic) bond motifs is 5. The number of ketones is 1. The lowest BCUT2D eigenvalue weighted by Gasteiger charge is -2.58. The number of allylic oxidation sites excluding steroid dienone is 1. The highest BCUT2D eigenvalue weighted by molar-refractivity contribution is 8.00. The number of carbonyl (C=O) groups is 1. The Morgan fingerprint density at radius 2 is 1.72 bits per heavy atom. The van der Waals surface area contributed by atoms with Crippen molar-refractivity contribution in [3.63, 3.8) is 0 Å². The van der Waals surface area contributed by atoms with Crippen LogP contribution < -0.4 is 0 Å². The Balaban J connectivity index is 1.39. The second kappa shape index (κ2) is 7.69. The largest absolute Gasteiger partial charge is 0.393 e. The summed E-state index contributed by atoms with van der Waals surface area (Å²) in [4.78, 5) is 13.0. The molecular formula is C26H40O2S. The Kier molecular flexibility index (Phi) is 5.47. The summed E-state index contributed by atoms with van der Waals surface area (Å²) in [6.07, 6.45) is 15.7. The van der Waals surface area contributed by atoms with Gasteiger partial charge in [0.25, 0.3) is 0 Å². The van der Waals surface area contributed by atoms with Gasteiger partial charge in [-0.3, -0.25) is 4.79 Å². The molecule has 0 amide bonds. The van der Waals surface area contributed by atoms with Crippen molar-refractivity contribution in [2.24, 2.45) is 28.6 Å². The summed E-state index contributed by atoms with van der Waals surface area (Å²) < 4.78 is 0. The number of aliphatic hydroxyl groups is 1. The molecule has 29 heavy (non-hydrogen) atoms. The van der Waals surface area contributed by atoms with E-state index in [2.05, 4.69) is 25.6 Å². The molecule has 5 aliphatic carbocycles. The first kappa shape index (κ1) is 20.6. The van der Waals surface area contributed by atoms with Gasteiger partial charge in [-0.2, -0.15) is 11.8 Å². The fourth-order valence-electron chi connectivity index (χ4n) is 8.40. The SMILES string of the molecule is C[C@]12CC[C@H]3[C@@H](CCC4=C(CSC5CCCCC5)C(=O)CC[C@@]43C)[C@@H]1CC[C@@H]2O. The Morgan fingerprint density at radius 3 is 2.52 bits per heavy atom. The van der Waals surface area contributed by atoms with Gasteiger partial charge in [0, 0.05) is 23.0 Å². The zero-order valence-electron chi connectivity index (χ0n) is 18.5. The number of hydrogen-bond acceptors (Lipinski definition) is 3. The Morgan fingerprint density at radius 1 is 0.931 bits per heavy atom. The van der Waals surface area contributed by atoms with Crippen LogP contribution in [0.2, 0.25) is 0 Å². The number of rotatable bonds is 3. The molecule has 5 rings (SSSR count). The third-order valence-electron chi connectivity index (χ3n) is 10.2. The minimum Gasteiger partial charge on any atom is -0.393 e. The van der Waals surface area contributed by atoms with E-state index in [4.69, 9.17) is 0 Å². The molecular weight excluding hydrogens is 376 g/mol. The smallest absolute Gasteiger partial charge is 0.159 e. The number of aliphatic hydroxyl groups excluding tert-OH is 1. The topological polar surface area (TPSA) is 37.3 Å². The van der Waals surface area contributed by atoms with Crippen molar-refractivity contribution in [3.05, 3.63) is 11.1 Å². The fraction of sp³-hybridized carbons (Fsp3) is 0.885. The minimum atomic E-state index is -0.0893. The molecule has 0 spiro atoms. The van der Waals surface area contributed by atoms with Crippen molar-refractivity contribution in [2.45, 2.75) is 109 Å². The maximum Gasteiger partial charge on any atom is 0.159 e. The van der Waals surface area contributed by atoms with Crippen LogP contribution in [0.5, 0.6) is 0 Å². The van der Waals surface area contributed by atoms with Crippen LogP contribution in [0.15, 0.2) is 11.1 Å². The minimum absolute atomic E-state index is 0.0893. The van der Waals surface area contributed by atoms with Gasteiger partial charge < -0.3 is 5.11 Å². The van der Waals surface area contributed by atoms with Crippen LogP contribution in [0.1, 0.15) is 97.3 Å². The van der Waals surface area contributed by atoms with Crippen molar-refractivity contribution < 1.29 is 9.90 Å². The highest BCUT2D eigenvalue weighted by atomic mass is 32.2. The lowest BCUT2D eigenvalue weighted by atomic mass is 9.47. The molecule has 0 heterocycles. The first-order chi connectivity index (χ1) is 13.9. The van der Waals surface area contributed by atoms with E-state index >= 15 is 0 Å². The van der Waals surface area contributed by atoms with Gasteiger partial charge >= 0.3 is 0 Å². The molecule has 0 bridgehead atoms. The highest BCUT2D eigenvalue weighted by Crippen LogP contribution is 2.65. The summed E-state index contributed by atoms with van der Waals surface area (Å²) in [5, 5.41) is 11.5. The van der Waals surface area contributed by atoms with Crippen molar-refractivity contribution >= 4 is 17.5 Å². The number of carbonyl (C=O) groups excluding carboxylic acids is 1.